The number of amides is 1. The quantitative estimate of drug-likeness (QED) is 0.855. The van der Waals surface area contributed by atoms with Gasteiger partial charge in [0.15, 0.2) is 0 Å². The van der Waals surface area contributed by atoms with E-state index in [2.05, 4.69) is 20.4 Å². The van der Waals surface area contributed by atoms with Crippen molar-refractivity contribution in [1.82, 2.24) is 19.7 Å². The van der Waals surface area contributed by atoms with Crippen LogP contribution < -0.4 is 5.32 Å². The van der Waals surface area contributed by atoms with Crippen molar-refractivity contribution in [2.75, 3.05) is 5.32 Å². The van der Waals surface area contributed by atoms with E-state index in [0.29, 0.717) is 5.82 Å². The molecule has 6 nitrogen and oxygen atoms in total. The number of anilines is 1. The van der Waals surface area contributed by atoms with Gasteiger partial charge in [0.05, 0.1) is 5.69 Å². The highest BCUT2D eigenvalue weighted by atomic mass is 35.5. The third-order valence-corrected chi connectivity index (χ3v) is 2.47. The van der Waals surface area contributed by atoms with Crippen LogP contribution in [0.3, 0.4) is 0 Å². The molecule has 0 saturated heterocycles. The van der Waals surface area contributed by atoms with Crippen LogP contribution in [-0.2, 0) is 11.3 Å². The molecule has 2 heterocycles. The van der Waals surface area contributed by atoms with Gasteiger partial charge in [-0.2, -0.15) is 5.10 Å². The van der Waals surface area contributed by atoms with Crippen LogP contribution in [0.15, 0.2) is 18.3 Å². The molecule has 0 atom stereocenters. The third-order valence-electron chi connectivity index (χ3n) is 2.29. The van der Waals surface area contributed by atoms with Gasteiger partial charge in [-0.15, -0.1) is 0 Å². The van der Waals surface area contributed by atoms with Gasteiger partial charge < -0.3 is 5.32 Å². The van der Waals surface area contributed by atoms with Gasteiger partial charge in [0.2, 0.25) is 11.2 Å². The van der Waals surface area contributed by atoms with Gasteiger partial charge in [-0.3, -0.25) is 9.48 Å². The second-order valence-corrected chi connectivity index (χ2v) is 4.18. The van der Waals surface area contributed by atoms with Crippen LogP contribution in [0.1, 0.15) is 11.4 Å². The zero-order chi connectivity index (χ0) is 13.1. The summed E-state index contributed by atoms with van der Waals surface area (Å²) in [7, 11) is 0. The molecule has 2 rings (SSSR count). The summed E-state index contributed by atoms with van der Waals surface area (Å²) in [5, 5.41) is 6.93. The smallest absolute Gasteiger partial charge is 0.247 e. The van der Waals surface area contributed by atoms with E-state index in [1.807, 2.05) is 19.9 Å². The Bertz CT molecular complexity index is 581. The molecule has 0 aliphatic rings. The van der Waals surface area contributed by atoms with Gasteiger partial charge >= 0.3 is 0 Å². The molecule has 7 heteroatoms. The first-order chi connectivity index (χ1) is 8.54. The van der Waals surface area contributed by atoms with Crippen LogP contribution in [0, 0.1) is 13.8 Å². The zero-order valence-corrected chi connectivity index (χ0v) is 10.8. The number of aryl methyl sites for hydroxylation is 2. The Morgan fingerprint density at radius 1 is 1.50 bits per heavy atom. The number of nitrogens with zero attached hydrogens (tertiary/aromatic N) is 4. The Labute approximate surface area is 109 Å². The van der Waals surface area contributed by atoms with E-state index in [1.54, 1.807) is 10.7 Å². The summed E-state index contributed by atoms with van der Waals surface area (Å²) in [6.07, 6.45) is 1.48. The summed E-state index contributed by atoms with van der Waals surface area (Å²) >= 11 is 5.63. The second-order valence-electron chi connectivity index (χ2n) is 3.84. The molecule has 0 radical (unpaired) electrons. The van der Waals surface area contributed by atoms with Crippen LogP contribution in [0.5, 0.6) is 0 Å². The molecular formula is C11H12ClN5O. The minimum absolute atomic E-state index is 0.0962. The van der Waals surface area contributed by atoms with Crippen molar-refractivity contribution in [3.63, 3.8) is 0 Å². The predicted octanol–water partition coefficient (Wildman–Crippen LogP) is 1.58. The normalized spacial score (nSPS) is 10.4. The van der Waals surface area contributed by atoms with E-state index in [9.17, 15) is 4.79 Å². The maximum atomic E-state index is 11.8. The lowest BCUT2D eigenvalue weighted by molar-refractivity contribution is -0.117. The molecule has 0 aromatic carbocycles. The molecule has 0 aliphatic carbocycles. The molecule has 2 aromatic rings. The average molecular weight is 266 g/mol. The largest absolute Gasteiger partial charge is 0.309 e. The standard InChI is InChI=1S/C11H12ClN5O/c1-7-5-8(2)17(16-7)6-10(18)14-9-3-4-13-11(12)15-9/h3-5H,6H2,1-2H3,(H,13,14,15,18). The van der Waals surface area contributed by atoms with Gasteiger partial charge in [-0.25, -0.2) is 9.97 Å². The maximum absolute atomic E-state index is 11.8. The van der Waals surface area contributed by atoms with E-state index in [1.165, 1.54) is 6.20 Å². The number of nitrogens with one attached hydrogen (secondary N) is 1. The Balaban J connectivity index is 2.03. The van der Waals surface area contributed by atoms with E-state index < -0.39 is 0 Å². The van der Waals surface area contributed by atoms with E-state index >= 15 is 0 Å². The molecule has 0 spiro atoms. The Hall–Kier alpha value is -1.95. The highest BCUT2D eigenvalue weighted by Crippen LogP contribution is 2.06. The van der Waals surface area contributed by atoms with Crippen molar-refractivity contribution in [2.45, 2.75) is 20.4 Å². The third kappa shape index (κ3) is 3.04. The molecule has 0 fully saturated rings. The molecule has 0 unspecified atom stereocenters. The monoisotopic (exact) mass is 265 g/mol. The van der Waals surface area contributed by atoms with Crippen molar-refractivity contribution in [1.29, 1.82) is 0 Å². The molecule has 1 amide bonds. The lowest BCUT2D eigenvalue weighted by atomic mass is 10.4. The molecular weight excluding hydrogens is 254 g/mol. The molecule has 18 heavy (non-hydrogen) atoms. The summed E-state index contributed by atoms with van der Waals surface area (Å²) in [5.74, 6) is 0.164. The minimum atomic E-state index is -0.212. The van der Waals surface area contributed by atoms with Crippen molar-refractivity contribution < 1.29 is 4.79 Å². The number of aromatic nitrogens is 4. The summed E-state index contributed by atoms with van der Waals surface area (Å²) in [5.41, 5.74) is 1.81. The van der Waals surface area contributed by atoms with Crippen LogP contribution in [-0.4, -0.2) is 25.7 Å². The Kier molecular flexibility index (Phi) is 3.57. The Morgan fingerprint density at radius 2 is 2.28 bits per heavy atom. The van der Waals surface area contributed by atoms with Crippen molar-refractivity contribution >= 4 is 23.3 Å². The van der Waals surface area contributed by atoms with Gasteiger partial charge in [0.1, 0.15) is 12.4 Å². The number of halogens is 1. The van der Waals surface area contributed by atoms with Gasteiger partial charge in [0.25, 0.3) is 0 Å². The first-order valence-corrected chi connectivity index (χ1v) is 5.72. The number of hydrogen-bond acceptors (Lipinski definition) is 4. The number of carbonyl (C=O) groups excluding carboxylic acids is 1. The van der Waals surface area contributed by atoms with Gasteiger partial charge in [-0.05, 0) is 37.6 Å². The maximum Gasteiger partial charge on any atom is 0.247 e. The van der Waals surface area contributed by atoms with Crippen molar-refractivity contribution in [3.8, 4) is 0 Å². The van der Waals surface area contributed by atoms with Crippen molar-refractivity contribution in [3.05, 3.63) is 35.0 Å². The SMILES string of the molecule is Cc1cc(C)n(CC(=O)Nc2ccnc(Cl)n2)n1. The summed E-state index contributed by atoms with van der Waals surface area (Å²) in [6, 6.07) is 3.49. The van der Waals surface area contributed by atoms with Gasteiger partial charge in [-0.1, -0.05) is 0 Å². The number of carbonyl (C=O) groups is 1. The zero-order valence-electron chi connectivity index (χ0n) is 10.0. The molecule has 2 aromatic heterocycles. The van der Waals surface area contributed by atoms with Crippen LogP contribution >= 0.6 is 11.6 Å². The van der Waals surface area contributed by atoms with Crippen molar-refractivity contribution in [2.24, 2.45) is 0 Å². The second kappa shape index (κ2) is 5.14. The lowest BCUT2D eigenvalue weighted by Crippen LogP contribution is -2.20. The predicted molar refractivity (Wildman–Crippen MR) is 67.4 cm³/mol. The molecule has 94 valence electrons. The van der Waals surface area contributed by atoms with E-state index in [4.69, 9.17) is 11.6 Å². The van der Waals surface area contributed by atoms with Crippen LogP contribution in [0.4, 0.5) is 5.82 Å². The number of rotatable bonds is 3. The molecule has 1 N–H and O–H groups in total. The summed E-state index contributed by atoms with van der Waals surface area (Å²) < 4.78 is 1.63. The van der Waals surface area contributed by atoms with Crippen LogP contribution in [0.25, 0.3) is 0 Å². The fraction of sp³-hybridized carbons (Fsp3) is 0.273. The van der Waals surface area contributed by atoms with Gasteiger partial charge in [0, 0.05) is 11.9 Å². The summed E-state index contributed by atoms with van der Waals surface area (Å²) in [4.78, 5) is 19.4. The minimum Gasteiger partial charge on any atom is -0.309 e. The highest BCUT2D eigenvalue weighted by Gasteiger charge is 2.08. The summed E-state index contributed by atoms with van der Waals surface area (Å²) in [6.45, 7) is 3.92. The average Bonchev–Trinajstić information content (AvgIpc) is 2.57. The first kappa shape index (κ1) is 12.5. The molecule has 0 bridgehead atoms. The molecule has 0 aliphatic heterocycles. The Morgan fingerprint density at radius 3 is 2.89 bits per heavy atom. The number of hydrogen-bond donors (Lipinski definition) is 1. The topological polar surface area (TPSA) is 72.7 Å². The highest BCUT2D eigenvalue weighted by molar-refractivity contribution is 6.28. The lowest BCUT2D eigenvalue weighted by Gasteiger charge is -2.05. The first-order valence-electron chi connectivity index (χ1n) is 5.34. The fourth-order valence-electron chi connectivity index (χ4n) is 1.56. The van der Waals surface area contributed by atoms with Crippen LogP contribution in [0.2, 0.25) is 5.28 Å². The molecule has 0 saturated carbocycles. The van der Waals surface area contributed by atoms with E-state index in [0.717, 1.165) is 11.4 Å². The fourth-order valence-corrected chi connectivity index (χ4v) is 1.71. The van der Waals surface area contributed by atoms with E-state index in [-0.39, 0.29) is 17.7 Å².